The maximum Gasteiger partial charge on any atom is 0.408 e. The third kappa shape index (κ3) is 4.95. The first kappa shape index (κ1) is 26.1. The number of fused-ring (bicyclic) bond motifs is 3. The van der Waals surface area contributed by atoms with Gasteiger partial charge in [0.1, 0.15) is 12.1 Å². The van der Waals surface area contributed by atoms with Gasteiger partial charge in [-0.15, -0.1) is 0 Å². The highest BCUT2D eigenvalue weighted by atomic mass is 16.5. The van der Waals surface area contributed by atoms with Gasteiger partial charge in [0.05, 0.1) is 5.92 Å². The summed E-state index contributed by atoms with van der Waals surface area (Å²) in [5, 5.41) is 12.3. The van der Waals surface area contributed by atoms with Gasteiger partial charge in [-0.05, 0) is 40.7 Å². The highest BCUT2D eigenvalue weighted by molar-refractivity contribution is 5.92. The van der Waals surface area contributed by atoms with Gasteiger partial charge < -0.3 is 20.1 Å². The van der Waals surface area contributed by atoms with Crippen molar-refractivity contribution in [2.75, 3.05) is 32.8 Å². The van der Waals surface area contributed by atoms with Crippen LogP contribution in [0.4, 0.5) is 4.79 Å². The van der Waals surface area contributed by atoms with Crippen LogP contribution in [0.2, 0.25) is 0 Å². The number of carboxylic acid groups (broad SMARTS) is 1. The van der Waals surface area contributed by atoms with Gasteiger partial charge in [0.25, 0.3) is 0 Å². The quantitative estimate of drug-likeness (QED) is 0.469. The van der Waals surface area contributed by atoms with Crippen LogP contribution in [0.15, 0.2) is 78.9 Å². The second-order valence-corrected chi connectivity index (χ2v) is 11.0. The minimum Gasteiger partial charge on any atom is -0.481 e. The number of carboxylic acids is 1. The summed E-state index contributed by atoms with van der Waals surface area (Å²) in [7, 11) is 0. The average Bonchev–Trinajstić information content (AvgIpc) is 3.26. The summed E-state index contributed by atoms with van der Waals surface area (Å²) >= 11 is 0. The summed E-state index contributed by atoms with van der Waals surface area (Å²) in [6.45, 7) is 2.50. The van der Waals surface area contributed by atoms with Crippen LogP contribution in [0.5, 0.6) is 0 Å². The zero-order valence-electron chi connectivity index (χ0n) is 22.3. The van der Waals surface area contributed by atoms with E-state index in [4.69, 9.17) is 4.74 Å². The first-order valence-electron chi connectivity index (χ1n) is 13.9. The van der Waals surface area contributed by atoms with Gasteiger partial charge in [0, 0.05) is 38.6 Å². The van der Waals surface area contributed by atoms with Crippen molar-refractivity contribution >= 4 is 18.0 Å². The first-order valence-corrected chi connectivity index (χ1v) is 13.9. The third-order valence-electron chi connectivity index (χ3n) is 8.57. The number of carbonyl (C=O) groups excluding carboxylic acids is 2. The number of likely N-dealkylation sites (tertiary alicyclic amines) is 2. The van der Waals surface area contributed by atoms with Crippen molar-refractivity contribution in [1.82, 2.24) is 15.1 Å². The molecule has 2 N–H and O–H groups in total. The van der Waals surface area contributed by atoms with Crippen molar-refractivity contribution < 1.29 is 24.2 Å². The number of hydrogen-bond acceptors (Lipinski definition) is 5. The Morgan fingerprint density at radius 3 is 2.02 bits per heavy atom. The van der Waals surface area contributed by atoms with Crippen molar-refractivity contribution in [1.29, 1.82) is 0 Å². The molecule has 2 heterocycles. The van der Waals surface area contributed by atoms with E-state index in [1.54, 1.807) is 4.90 Å². The lowest BCUT2D eigenvalue weighted by Gasteiger charge is -2.47. The van der Waals surface area contributed by atoms with Gasteiger partial charge in [0.15, 0.2) is 0 Å². The Morgan fingerprint density at radius 2 is 1.43 bits per heavy atom. The van der Waals surface area contributed by atoms with Crippen molar-refractivity contribution in [2.45, 2.75) is 30.8 Å². The molecule has 0 saturated carbocycles. The monoisotopic (exact) mass is 539 g/mol. The second kappa shape index (κ2) is 10.8. The summed E-state index contributed by atoms with van der Waals surface area (Å²) < 4.78 is 5.80. The normalized spacial score (nSPS) is 18.4. The van der Waals surface area contributed by atoms with E-state index < -0.39 is 23.5 Å². The molecule has 6 rings (SSSR count). The van der Waals surface area contributed by atoms with E-state index >= 15 is 0 Å². The molecule has 2 fully saturated rings. The Hall–Kier alpha value is -4.17. The van der Waals surface area contributed by atoms with E-state index in [2.05, 4.69) is 46.6 Å². The molecule has 2 amide bonds. The molecule has 2 saturated heterocycles. The molecule has 0 spiro atoms. The number of hydrogen-bond donors (Lipinski definition) is 2. The zero-order chi connectivity index (χ0) is 27.7. The summed E-state index contributed by atoms with van der Waals surface area (Å²) in [5.74, 6) is -1.77. The minimum atomic E-state index is -1.13. The van der Waals surface area contributed by atoms with Crippen LogP contribution in [0.1, 0.15) is 35.4 Å². The van der Waals surface area contributed by atoms with E-state index in [1.165, 1.54) is 5.56 Å². The Kier molecular flexibility index (Phi) is 7.02. The van der Waals surface area contributed by atoms with Crippen LogP contribution in [0.3, 0.4) is 0 Å². The van der Waals surface area contributed by atoms with Crippen LogP contribution in [-0.2, 0) is 20.9 Å². The van der Waals surface area contributed by atoms with Crippen molar-refractivity contribution in [2.24, 2.45) is 5.92 Å². The fourth-order valence-corrected chi connectivity index (χ4v) is 6.26. The Labute approximate surface area is 233 Å². The van der Waals surface area contributed by atoms with Crippen LogP contribution >= 0.6 is 0 Å². The lowest BCUT2D eigenvalue weighted by molar-refractivity contribution is -0.157. The zero-order valence-corrected chi connectivity index (χ0v) is 22.3. The van der Waals surface area contributed by atoms with E-state index in [-0.39, 0.29) is 31.5 Å². The maximum absolute atomic E-state index is 13.7. The number of piperidine rings is 1. The summed E-state index contributed by atoms with van der Waals surface area (Å²) in [6.07, 6.45) is 0.232. The predicted octanol–water partition coefficient (Wildman–Crippen LogP) is 4.10. The highest BCUT2D eigenvalue weighted by Gasteiger charge is 2.49. The summed E-state index contributed by atoms with van der Waals surface area (Å²) in [5.41, 5.74) is 4.61. The average molecular weight is 540 g/mol. The van der Waals surface area contributed by atoms with Gasteiger partial charge in [-0.3, -0.25) is 14.5 Å². The number of rotatable bonds is 7. The molecule has 0 aromatic heterocycles. The van der Waals surface area contributed by atoms with E-state index in [1.807, 2.05) is 42.5 Å². The topological polar surface area (TPSA) is 99.2 Å². The largest absolute Gasteiger partial charge is 0.481 e. The van der Waals surface area contributed by atoms with Gasteiger partial charge in [-0.1, -0.05) is 78.9 Å². The van der Waals surface area contributed by atoms with Crippen LogP contribution in [0, 0.1) is 5.92 Å². The van der Waals surface area contributed by atoms with E-state index in [0.29, 0.717) is 25.9 Å². The number of benzene rings is 3. The summed E-state index contributed by atoms with van der Waals surface area (Å²) in [4.78, 5) is 42.1. The van der Waals surface area contributed by atoms with E-state index in [9.17, 15) is 19.5 Å². The molecule has 0 atom stereocenters. The number of aliphatic carboxylic acids is 1. The third-order valence-corrected chi connectivity index (χ3v) is 8.57. The molecule has 3 aromatic carbocycles. The van der Waals surface area contributed by atoms with E-state index in [0.717, 1.165) is 28.8 Å². The van der Waals surface area contributed by atoms with Crippen molar-refractivity contribution in [3.8, 4) is 11.1 Å². The fraction of sp³-hybridized carbons (Fsp3) is 0.344. The van der Waals surface area contributed by atoms with Crippen molar-refractivity contribution in [3.05, 3.63) is 95.6 Å². The number of amides is 2. The number of ether oxygens (including phenoxy) is 1. The molecule has 2 aliphatic heterocycles. The Balaban J connectivity index is 1.15. The molecule has 8 heteroatoms. The second-order valence-electron chi connectivity index (χ2n) is 11.0. The molecule has 0 bridgehead atoms. The molecule has 0 radical (unpaired) electrons. The fourth-order valence-electron chi connectivity index (χ4n) is 6.26. The first-order chi connectivity index (χ1) is 19.4. The van der Waals surface area contributed by atoms with Gasteiger partial charge in [-0.2, -0.15) is 0 Å². The molecule has 3 aromatic rings. The molecule has 1 aliphatic carbocycles. The Bertz CT molecular complexity index is 1370. The number of nitrogens with zero attached hydrogens (tertiary/aromatic N) is 2. The molecule has 8 nitrogen and oxygen atoms in total. The molecule has 3 aliphatic rings. The van der Waals surface area contributed by atoms with Gasteiger partial charge >= 0.3 is 12.1 Å². The minimum absolute atomic E-state index is 0.0794. The molecule has 0 unspecified atom stereocenters. The van der Waals surface area contributed by atoms with Crippen LogP contribution in [-0.4, -0.2) is 71.2 Å². The van der Waals surface area contributed by atoms with Crippen LogP contribution < -0.4 is 5.32 Å². The molecular formula is C32H33N3O5. The summed E-state index contributed by atoms with van der Waals surface area (Å²) in [6, 6.07) is 26.5. The Morgan fingerprint density at radius 1 is 0.850 bits per heavy atom. The lowest BCUT2D eigenvalue weighted by Crippen LogP contribution is -2.67. The van der Waals surface area contributed by atoms with Crippen LogP contribution in [0.25, 0.3) is 11.1 Å². The van der Waals surface area contributed by atoms with Gasteiger partial charge in [0.2, 0.25) is 5.91 Å². The van der Waals surface area contributed by atoms with Crippen molar-refractivity contribution in [3.63, 3.8) is 0 Å². The maximum atomic E-state index is 13.7. The number of alkyl carbamates (subject to hydrolysis) is 1. The lowest BCUT2D eigenvalue weighted by atomic mass is 9.84. The molecule has 40 heavy (non-hydrogen) atoms. The SMILES string of the molecule is O=C(NC1(C(=O)N2CC(C(=O)O)C2)CCN(Cc2ccccc2)CC1)OCC1c2ccccc2-c2ccccc21. The highest BCUT2D eigenvalue weighted by Crippen LogP contribution is 2.44. The predicted molar refractivity (Wildman–Crippen MR) is 150 cm³/mol. The smallest absolute Gasteiger partial charge is 0.408 e. The molecule has 206 valence electrons. The standard InChI is InChI=1S/C32H33N3O5/c36-29(37)23-19-35(20-23)30(38)32(14-16-34(17-15-32)18-22-8-2-1-3-9-22)33-31(39)40-21-28-26-12-6-4-10-24(26)25-11-5-7-13-27(25)28/h1-13,23,28H,14-21H2,(H,33,39)(H,36,37). The van der Waals surface area contributed by atoms with Gasteiger partial charge in [-0.25, -0.2) is 4.79 Å². The number of nitrogens with one attached hydrogen (secondary N) is 1. The number of carbonyl (C=O) groups is 3. The molecular weight excluding hydrogens is 506 g/mol.